The number of benzene rings is 1. The highest BCUT2D eigenvalue weighted by Gasteiger charge is 2.15. The van der Waals surface area contributed by atoms with Gasteiger partial charge >= 0.3 is 0 Å². The minimum absolute atomic E-state index is 0.0266. The van der Waals surface area contributed by atoms with Gasteiger partial charge in [-0.3, -0.25) is 4.79 Å². The minimum Gasteiger partial charge on any atom is -0.378 e. The zero-order valence-electron chi connectivity index (χ0n) is 11.2. The van der Waals surface area contributed by atoms with Gasteiger partial charge in [-0.05, 0) is 30.7 Å². The molecule has 20 heavy (non-hydrogen) atoms. The molecule has 110 valence electrons. The summed E-state index contributed by atoms with van der Waals surface area (Å²) in [5.41, 5.74) is 0.578. The van der Waals surface area contributed by atoms with E-state index < -0.39 is 11.6 Å². The van der Waals surface area contributed by atoms with Crippen molar-refractivity contribution in [3.63, 3.8) is 0 Å². The van der Waals surface area contributed by atoms with Gasteiger partial charge in [0.25, 0.3) is 0 Å². The molecule has 1 N–H and O–H groups in total. The molecule has 1 aromatic rings. The number of carbonyl (C=O) groups is 1. The number of carbonyl (C=O) groups excluding carboxylic acids is 1. The van der Waals surface area contributed by atoms with Crippen molar-refractivity contribution in [3.05, 3.63) is 35.4 Å². The molecule has 1 aromatic carbocycles. The van der Waals surface area contributed by atoms with Crippen LogP contribution in [0, 0.1) is 11.6 Å². The Bertz CT molecular complexity index is 442. The molecular formula is C14H18F2N2O2. The summed E-state index contributed by atoms with van der Waals surface area (Å²) >= 11 is 0. The molecule has 0 aliphatic carbocycles. The van der Waals surface area contributed by atoms with Gasteiger partial charge in [-0.15, -0.1) is 0 Å². The van der Waals surface area contributed by atoms with Crippen molar-refractivity contribution in [1.29, 1.82) is 0 Å². The van der Waals surface area contributed by atoms with Crippen LogP contribution in [0.3, 0.4) is 0 Å². The molecule has 0 unspecified atom stereocenters. The summed E-state index contributed by atoms with van der Waals surface area (Å²) < 4.78 is 31.1. The maximum absolute atomic E-state index is 13.0. The van der Waals surface area contributed by atoms with Crippen LogP contribution < -0.4 is 5.32 Å². The largest absolute Gasteiger partial charge is 0.378 e. The SMILES string of the molecule is O=C(CNCCc1cc(F)cc(F)c1)N1CCOCC1. The molecule has 1 heterocycles. The number of halogens is 2. The van der Waals surface area contributed by atoms with E-state index in [1.165, 1.54) is 12.1 Å². The zero-order valence-corrected chi connectivity index (χ0v) is 11.2. The van der Waals surface area contributed by atoms with Gasteiger partial charge in [-0.2, -0.15) is 0 Å². The van der Waals surface area contributed by atoms with E-state index in [1.807, 2.05) is 0 Å². The molecule has 6 heteroatoms. The molecule has 1 saturated heterocycles. The standard InChI is InChI=1S/C14H18F2N2O2/c15-12-7-11(8-13(16)9-12)1-2-17-10-14(19)18-3-5-20-6-4-18/h7-9,17H,1-6,10H2. The van der Waals surface area contributed by atoms with E-state index in [0.717, 1.165) is 6.07 Å². The molecule has 4 nitrogen and oxygen atoms in total. The highest BCUT2D eigenvalue weighted by Crippen LogP contribution is 2.08. The Hall–Kier alpha value is -1.53. The second kappa shape index (κ2) is 7.31. The van der Waals surface area contributed by atoms with Crippen LogP contribution in [0.1, 0.15) is 5.56 Å². The van der Waals surface area contributed by atoms with E-state index in [0.29, 0.717) is 44.8 Å². The number of nitrogens with one attached hydrogen (secondary N) is 1. The molecule has 1 aliphatic rings. The predicted molar refractivity (Wildman–Crippen MR) is 70.3 cm³/mol. The monoisotopic (exact) mass is 284 g/mol. The van der Waals surface area contributed by atoms with Gasteiger partial charge in [0.1, 0.15) is 11.6 Å². The van der Waals surface area contributed by atoms with E-state index in [-0.39, 0.29) is 12.5 Å². The van der Waals surface area contributed by atoms with E-state index in [4.69, 9.17) is 4.74 Å². The van der Waals surface area contributed by atoms with Gasteiger partial charge < -0.3 is 15.0 Å². The smallest absolute Gasteiger partial charge is 0.236 e. The molecular weight excluding hydrogens is 266 g/mol. The van der Waals surface area contributed by atoms with Gasteiger partial charge in [0.15, 0.2) is 0 Å². The van der Waals surface area contributed by atoms with E-state index in [1.54, 1.807) is 4.90 Å². The second-order valence-electron chi connectivity index (χ2n) is 4.70. The first-order chi connectivity index (χ1) is 9.65. The van der Waals surface area contributed by atoms with Crippen LogP contribution in [0.5, 0.6) is 0 Å². The van der Waals surface area contributed by atoms with E-state index in [2.05, 4.69) is 5.32 Å². The summed E-state index contributed by atoms with van der Waals surface area (Å²) in [5.74, 6) is -1.13. The van der Waals surface area contributed by atoms with Crippen LogP contribution >= 0.6 is 0 Å². The summed E-state index contributed by atoms with van der Waals surface area (Å²) in [7, 11) is 0. The lowest BCUT2D eigenvalue weighted by atomic mass is 10.1. The third-order valence-electron chi connectivity index (χ3n) is 3.15. The Morgan fingerprint density at radius 1 is 1.20 bits per heavy atom. The van der Waals surface area contributed by atoms with Crippen molar-refractivity contribution in [2.24, 2.45) is 0 Å². The summed E-state index contributed by atoms with van der Waals surface area (Å²) in [5, 5.41) is 2.99. The van der Waals surface area contributed by atoms with Crippen LogP contribution in [0.25, 0.3) is 0 Å². The Morgan fingerprint density at radius 3 is 2.50 bits per heavy atom. The van der Waals surface area contributed by atoms with Gasteiger partial charge in [-0.1, -0.05) is 0 Å². The molecule has 1 fully saturated rings. The average Bonchev–Trinajstić information content (AvgIpc) is 2.43. The molecule has 0 aromatic heterocycles. The Morgan fingerprint density at radius 2 is 1.85 bits per heavy atom. The quantitative estimate of drug-likeness (QED) is 0.819. The maximum atomic E-state index is 13.0. The fraction of sp³-hybridized carbons (Fsp3) is 0.500. The van der Waals surface area contributed by atoms with Crippen LogP contribution in [0.2, 0.25) is 0 Å². The fourth-order valence-electron chi connectivity index (χ4n) is 2.11. The molecule has 0 atom stereocenters. The van der Waals surface area contributed by atoms with Crippen molar-refractivity contribution in [2.75, 3.05) is 39.4 Å². The minimum atomic E-state index is -0.579. The number of ether oxygens (including phenoxy) is 1. The third-order valence-corrected chi connectivity index (χ3v) is 3.15. The summed E-state index contributed by atoms with van der Waals surface area (Å²) in [6.07, 6.45) is 0.477. The Balaban J connectivity index is 1.69. The lowest BCUT2D eigenvalue weighted by molar-refractivity contribution is -0.134. The fourth-order valence-corrected chi connectivity index (χ4v) is 2.11. The number of hydrogen-bond donors (Lipinski definition) is 1. The summed E-state index contributed by atoms with van der Waals surface area (Å²) in [6.45, 7) is 3.13. The summed E-state index contributed by atoms with van der Waals surface area (Å²) in [4.78, 5) is 13.6. The van der Waals surface area contributed by atoms with Crippen molar-refractivity contribution in [1.82, 2.24) is 10.2 Å². The number of morpholine rings is 1. The first-order valence-corrected chi connectivity index (χ1v) is 6.66. The number of rotatable bonds is 5. The normalized spacial score (nSPS) is 15.4. The van der Waals surface area contributed by atoms with Crippen molar-refractivity contribution in [3.8, 4) is 0 Å². The lowest BCUT2D eigenvalue weighted by Crippen LogP contribution is -2.44. The van der Waals surface area contributed by atoms with E-state index in [9.17, 15) is 13.6 Å². The lowest BCUT2D eigenvalue weighted by Gasteiger charge is -2.26. The molecule has 0 saturated carbocycles. The third kappa shape index (κ3) is 4.54. The first kappa shape index (κ1) is 14.9. The average molecular weight is 284 g/mol. The Kier molecular flexibility index (Phi) is 5.43. The van der Waals surface area contributed by atoms with Crippen molar-refractivity contribution >= 4 is 5.91 Å². The van der Waals surface area contributed by atoms with Crippen molar-refractivity contribution < 1.29 is 18.3 Å². The van der Waals surface area contributed by atoms with Gasteiger partial charge in [0, 0.05) is 19.2 Å². The number of nitrogens with zero attached hydrogens (tertiary/aromatic N) is 1. The molecule has 2 rings (SSSR count). The molecule has 1 aliphatic heterocycles. The number of hydrogen-bond acceptors (Lipinski definition) is 3. The zero-order chi connectivity index (χ0) is 14.4. The predicted octanol–water partition coefficient (Wildman–Crippen LogP) is 0.956. The molecule has 0 spiro atoms. The van der Waals surface area contributed by atoms with Gasteiger partial charge in [0.05, 0.1) is 19.8 Å². The molecule has 0 bridgehead atoms. The maximum Gasteiger partial charge on any atom is 0.236 e. The molecule has 0 radical (unpaired) electrons. The van der Waals surface area contributed by atoms with Gasteiger partial charge in [0.2, 0.25) is 5.91 Å². The van der Waals surface area contributed by atoms with Gasteiger partial charge in [-0.25, -0.2) is 8.78 Å². The van der Waals surface area contributed by atoms with E-state index >= 15 is 0 Å². The highest BCUT2D eigenvalue weighted by atomic mass is 19.1. The second-order valence-corrected chi connectivity index (χ2v) is 4.70. The highest BCUT2D eigenvalue weighted by molar-refractivity contribution is 5.78. The number of amides is 1. The topological polar surface area (TPSA) is 41.6 Å². The molecule has 1 amide bonds. The first-order valence-electron chi connectivity index (χ1n) is 6.66. The van der Waals surface area contributed by atoms with Crippen LogP contribution in [-0.2, 0) is 16.0 Å². The van der Waals surface area contributed by atoms with Crippen LogP contribution in [-0.4, -0.2) is 50.2 Å². The van der Waals surface area contributed by atoms with Crippen molar-refractivity contribution in [2.45, 2.75) is 6.42 Å². The van der Waals surface area contributed by atoms with Crippen LogP contribution in [0.15, 0.2) is 18.2 Å². The summed E-state index contributed by atoms with van der Waals surface area (Å²) in [6, 6.07) is 3.45. The Labute approximate surface area is 116 Å². The van der Waals surface area contributed by atoms with Crippen LogP contribution in [0.4, 0.5) is 8.78 Å².